The third-order valence-corrected chi connectivity index (χ3v) is 3.04. The summed E-state index contributed by atoms with van der Waals surface area (Å²) < 4.78 is 2.06. The fraction of sp³-hybridized carbons (Fsp3) is 0.286. The lowest BCUT2D eigenvalue weighted by Gasteiger charge is -2.13. The van der Waals surface area contributed by atoms with Crippen LogP contribution in [0.4, 0.5) is 0 Å². The molecule has 1 heterocycles. The van der Waals surface area contributed by atoms with Crippen LogP contribution in [-0.4, -0.2) is 21.5 Å². The Balaban J connectivity index is 2.21. The number of nitrogens with one attached hydrogen (secondary N) is 1. The molecule has 3 N–H and O–H groups in total. The van der Waals surface area contributed by atoms with E-state index in [0.29, 0.717) is 6.54 Å². The van der Waals surface area contributed by atoms with E-state index in [4.69, 9.17) is 5.73 Å². The quantitative estimate of drug-likeness (QED) is 0.844. The smallest absolute Gasteiger partial charge is 0.234 e. The van der Waals surface area contributed by atoms with Crippen LogP contribution in [0.25, 0.3) is 5.69 Å². The van der Waals surface area contributed by atoms with E-state index < -0.39 is 0 Å². The predicted octanol–water partition coefficient (Wildman–Crippen LogP) is 1.14. The van der Waals surface area contributed by atoms with Gasteiger partial charge in [0.25, 0.3) is 0 Å². The second kappa shape index (κ2) is 5.67. The van der Waals surface area contributed by atoms with E-state index in [2.05, 4.69) is 14.9 Å². The summed E-state index contributed by atoms with van der Waals surface area (Å²) in [5.41, 5.74) is 7.28. The molecule has 100 valence electrons. The van der Waals surface area contributed by atoms with Gasteiger partial charge in [0.1, 0.15) is 5.82 Å². The molecule has 0 aliphatic heterocycles. The fourth-order valence-corrected chi connectivity index (χ4v) is 1.90. The molecule has 0 radical (unpaired) electrons. The van der Waals surface area contributed by atoms with Crippen LogP contribution in [0.5, 0.6) is 0 Å². The Morgan fingerprint density at radius 2 is 2.11 bits per heavy atom. The van der Waals surface area contributed by atoms with Crippen LogP contribution in [-0.2, 0) is 11.3 Å². The van der Waals surface area contributed by atoms with Crippen molar-refractivity contribution in [1.29, 1.82) is 0 Å². The molecule has 1 aromatic heterocycles. The zero-order valence-electron chi connectivity index (χ0n) is 11.1. The van der Waals surface area contributed by atoms with Crippen molar-refractivity contribution in [2.45, 2.75) is 26.4 Å². The molecule has 2 aromatic rings. The van der Waals surface area contributed by atoms with E-state index in [1.54, 1.807) is 6.92 Å². The molecule has 2 rings (SSSR count). The normalized spacial score (nSPS) is 12.3. The lowest BCUT2D eigenvalue weighted by Crippen LogP contribution is -2.38. The average Bonchev–Trinajstić information content (AvgIpc) is 2.78. The molecule has 0 saturated carbocycles. The minimum absolute atomic E-state index is 0.359. The van der Waals surface area contributed by atoms with E-state index in [9.17, 15) is 4.79 Å². The minimum Gasteiger partial charge on any atom is -0.368 e. The number of primary amides is 1. The molecule has 1 atom stereocenters. The molecule has 19 heavy (non-hydrogen) atoms. The molecule has 1 amide bonds. The number of carbonyl (C=O) groups excluding carboxylic acids is 1. The second-order valence-electron chi connectivity index (χ2n) is 4.47. The summed E-state index contributed by atoms with van der Waals surface area (Å²) in [6.07, 6.45) is 1.81. The lowest BCUT2D eigenvalue weighted by molar-refractivity contribution is -0.119. The number of aromatic nitrogens is 2. The second-order valence-corrected chi connectivity index (χ2v) is 4.47. The highest BCUT2D eigenvalue weighted by atomic mass is 16.1. The van der Waals surface area contributed by atoms with E-state index in [-0.39, 0.29) is 11.9 Å². The lowest BCUT2D eigenvalue weighted by atomic mass is 10.3. The number of hydrogen-bond acceptors (Lipinski definition) is 3. The van der Waals surface area contributed by atoms with E-state index in [1.807, 2.05) is 43.5 Å². The summed E-state index contributed by atoms with van der Waals surface area (Å²) in [4.78, 5) is 15.3. The highest BCUT2D eigenvalue weighted by Gasteiger charge is 2.11. The molecular formula is C14H18N4O. The number of carbonyl (C=O) groups is 1. The molecular weight excluding hydrogens is 240 g/mol. The van der Waals surface area contributed by atoms with Crippen molar-refractivity contribution < 1.29 is 4.79 Å². The van der Waals surface area contributed by atoms with Crippen molar-refractivity contribution in [2.24, 2.45) is 5.73 Å². The summed E-state index contributed by atoms with van der Waals surface area (Å²) in [7, 11) is 0. The summed E-state index contributed by atoms with van der Waals surface area (Å²) in [5.74, 6) is 0.553. The van der Waals surface area contributed by atoms with Gasteiger partial charge in [-0.05, 0) is 26.0 Å². The summed E-state index contributed by atoms with van der Waals surface area (Å²) in [5, 5.41) is 3.09. The number of imidazole rings is 1. The van der Waals surface area contributed by atoms with Gasteiger partial charge in [-0.3, -0.25) is 9.36 Å². The Hall–Kier alpha value is -2.14. The predicted molar refractivity (Wildman–Crippen MR) is 73.8 cm³/mol. The van der Waals surface area contributed by atoms with Gasteiger partial charge < -0.3 is 11.1 Å². The Morgan fingerprint density at radius 1 is 1.42 bits per heavy atom. The first kappa shape index (κ1) is 13.3. The number of nitrogens with zero attached hydrogens (tertiary/aromatic N) is 2. The summed E-state index contributed by atoms with van der Waals surface area (Å²) in [6.45, 7) is 4.24. The van der Waals surface area contributed by atoms with Crippen LogP contribution in [0.3, 0.4) is 0 Å². The first-order valence-electron chi connectivity index (χ1n) is 6.21. The van der Waals surface area contributed by atoms with Crippen molar-refractivity contribution in [1.82, 2.24) is 14.9 Å². The Bertz CT molecular complexity index is 562. The maximum atomic E-state index is 11.0. The van der Waals surface area contributed by atoms with Gasteiger partial charge in [-0.25, -0.2) is 4.98 Å². The number of amides is 1. The third kappa shape index (κ3) is 3.00. The van der Waals surface area contributed by atoms with Crippen molar-refractivity contribution in [3.8, 4) is 5.69 Å². The van der Waals surface area contributed by atoms with Crippen molar-refractivity contribution in [3.63, 3.8) is 0 Å². The van der Waals surface area contributed by atoms with Gasteiger partial charge in [-0.1, -0.05) is 18.2 Å². The monoisotopic (exact) mass is 258 g/mol. The molecule has 5 heteroatoms. The Morgan fingerprint density at radius 3 is 2.74 bits per heavy atom. The van der Waals surface area contributed by atoms with Crippen LogP contribution < -0.4 is 11.1 Å². The maximum absolute atomic E-state index is 11.0. The van der Waals surface area contributed by atoms with E-state index in [0.717, 1.165) is 17.2 Å². The van der Waals surface area contributed by atoms with Crippen LogP contribution in [0.1, 0.15) is 18.4 Å². The molecule has 0 fully saturated rings. The molecule has 1 aromatic carbocycles. The maximum Gasteiger partial charge on any atom is 0.234 e. The first-order valence-corrected chi connectivity index (χ1v) is 6.21. The Kier molecular flexibility index (Phi) is 3.97. The van der Waals surface area contributed by atoms with E-state index in [1.165, 1.54) is 0 Å². The summed E-state index contributed by atoms with van der Waals surface area (Å²) in [6, 6.07) is 9.63. The van der Waals surface area contributed by atoms with Gasteiger partial charge in [-0.15, -0.1) is 0 Å². The van der Waals surface area contributed by atoms with Gasteiger partial charge in [0, 0.05) is 12.2 Å². The van der Waals surface area contributed by atoms with Gasteiger partial charge in [0.15, 0.2) is 0 Å². The van der Waals surface area contributed by atoms with Gasteiger partial charge in [-0.2, -0.15) is 0 Å². The number of aryl methyl sites for hydroxylation is 1. The Labute approximate surface area is 112 Å². The average molecular weight is 258 g/mol. The minimum atomic E-state index is -0.362. The molecule has 0 aliphatic carbocycles. The molecule has 0 spiro atoms. The molecule has 1 unspecified atom stereocenters. The molecule has 0 bridgehead atoms. The van der Waals surface area contributed by atoms with Crippen LogP contribution in [0, 0.1) is 6.92 Å². The van der Waals surface area contributed by atoms with Crippen molar-refractivity contribution in [2.75, 3.05) is 0 Å². The van der Waals surface area contributed by atoms with Gasteiger partial charge in [0.2, 0.25) is 5.91 Å². The van der Waals surface area contributed by atoms with Crippen molar-refractivity contribution >= 4 is 5.91 Å². The highest BCUT2D eigenvalue weighted by Crippen LogP contribution is 2.14. The van der Waals surface area contributed by atoms with Crippen LogP contribution >= 0.6 is 0 Å². The molecule has 5 nitrogen and oxygen atoms in total. The molecule has 0 aliphatic rings. The standard InChI is InChI=1S/C14H18N4O/c1-10(14(15)19)16-8-13-9-17-11(2)18(13)12-6-4-3-5-7-12/h3-7,9-10,16H,8H2,1-2H3,(H2,15,19). The highest BCUT2D eigenvalue weighted by molar-refractivity contribution is 5.79. The number of nitrogens with two attached hydrogens (primary N) is 1. The zero-order valence-corrected chi connectivity index (χ0v) is 11.1. The van der Waals surface area contributed by atoms with Crippen LogP contribution in [0.2, 0.25) is 0 Å². The number of rotatable bonds is 5. The first-order chi connectivity index (χ1) is 9.09. The third-order valence-electron chi connectivity index (χ3n) is 3.04. The molecule has 0 saturated heterocycles. The number of para-hydroxylation sites is 1. The number of benzene rings is 1. The fourth-order valence-electron chi connectivity index (χ4n) is 1.90. The van der Waals surface area contributed by atoms with Crippen LogP contribution in [0.15, 0.2) is 36.5 Å². The van der Waals surface area contributed by atoms with Gasteiger partial charge in [0.05, 0.1) is 17.9 Å². The zero-order chi connectivity index (χ0) is 13.8. The van der Waals surface area contributed by atoms with Crippen molar-refractivity contribution in [3.05, 3.63) is 48.0 Å². The number of hydrogen-bond donors (Lipinski definition) is 2. The van der Waals surface area contributed by atoms with Gasteiger partial charge >= 0.3 is 0 Å². The topological polar surface area (TPSA) is 72.9 Å². The van der Waals surface area contributed by atoms with E-state index >= 15 is 0 Å². The summed E-state index contributed by atoms with van der Waals surface area (Å²) >= 11 is 0. The largest absolute Gasteiger partial charge is 0.368 e. The SMILES string of the molecule is Cc1ncc(CNC(C)C(N)=O)n1-c1ccccc1.